The lowest BCUT2D eigenvalue weighted by molar-refractivity contribution is -0.134. The number of aromatic nitrogens is 1. The number of ether oxygens (including phenoxy) is 1. The number of carbonyl (C=O) groups excluding carboxylic acids is 1. The SMILES string of the molecule is CC(=O)N1CC(n2cc(-c3cccc(OCc4ccccc4)c3)c3c2=NCNC=3N)C1. The van der Waals surface area contributed by atoms with Crippen LogP contribution >= 0.6 is 0 Å². The van der Waals surface area contributed by atoms with Crippen LogP contribution in [0.2, 0.25) is 0 Å². The highest BCUT2D eigenvalue weighted by molar-refractivity contribution is 5.74. The molecule has 0 aliphatic carbocycles. The number of amides is 1. The van der Waals surface area contributed by atoms with Crippen molar-refractivity contribution in [2.75, 3.05) is 19.8 Å². The summed E-state index contributed by atoms with van der Waals surface area (Å²) in [5, 5.41) is 4.05. The smallest absolute Gasteiger partial charge is 0.219 e. The predicted octanol–water partition coefficient (Wildman–Crippen LogP) is 1.34. The first kappa shape index (κ1) is 19.2. The topological polar surface area (TPSA) is 84.9 Å². The summed E-state index contributed by atoms with van der Waals surface area (Å²) in [5.41, 5.74) is 10.4. The van der Waals surface area contributed by atoms with Crippen molar-refractivity contribution in [3.8, 4) is 16.9 Å². The Bertz CT molecular complexity index is 1240. The number of nitrogens with two attached hydrogens (primary N) is 1. The number of carbonyl (C=O) groups is 1. The Kier molecular flexibility index (Phi) is 4.86. The fourth-order valence-electron chi connectivity index (χ4n) is 4.11. The third-order valence-corrected chi connectivity index (χ3v) is 5.87. The molecule has 2 aliphatic heterocycles. The van der Waals surface area contributed by atoms with Crippen LogP contribution in [-0.4, -0.2) is 35.1 Å². The van der Waals surface area contributed by atoms with Gasteiger partial charge in [-0.3, -0.25) is 4.79 Å². The van der Waals surface area contributed by atoms with Crippen LogP contribution < -0.4 is 26.5 Å². The molecule has 1 fully saturated rings. The highest BCUT2D eigenvalue weighted by Crippen LogP contribution is 2.25. The molecule has 0 radical (unpaired) electrons. The summed E-state index contributed by atoms with van der Waals surface area (Å²) in [5.74, 6) is 1.52. The van der Waals surface area contributed by atoms with Crippen LogP contribution in [0.5, 0.6) is 5.75 Å². The Labute approximate surface area is 180 Å². The molecule has 1 aromatic heterocycles. The van der Waals surface area contributed by atoms with Gasteiger partial charge in [-0.05, 0) is 23.3 Å². The summed E-state index contributed by atoms with van der Waals surface area (Å²) < 4.78 is 8.19. The average Bonchev–Trinajstić information content (AvgIpc) is 3.13. The van der Waals surface area contributed by atoms with Crippen molar-refractivity contribution < 1.29 is 9.53 Å². The minimum absolute atomic E-state index is 0.102. The molecule has 7 nitrogen and oxygen atoms in total. The van der Waals surface area contributed by atoms with Gasteiger partial charge >= 0.3 is 0 Å². The maximum Gasteiger partial charge on any atom is 0.219 e. The summed E-state index contributed by atoms with van der Waals surface area (Å²) in [6.45, 7) is 3.95. The number of hydrogen-bond acceptors (Lipinski definition) is 5. The van der Waals surface area contributed by atoms with Gasteiger partial charge in [0.25, 0.3) is 0 Å². The van der Waals surface area contributed by atoms with Gasteiger partial charge in [0.1, 0.15) is 30.3 Å². The third kappa shape index (κ3) is 3.63. The Morgan fingerprint density at radius 3 is 2.77 bits per heavy atom. The summed E-state index contributed by atoms with van der Waals surface area (Å²) in [6.07, 6.45) is 2.10. The molecule has 2 aromatic carbocycles. The Morgan fingerprint density at radius 1 is 1.19 bits per heavy atom. The van der Waals surface area contributed by atoms with Gasteiger partial charge in [0.05, 0.1) is 11.3 Å². The van der Waals surface area contributed by atoms with Crippen molar-refractivity contribution in [2.24, 2.45) is 10.7 Å². The fraction of sp³-hybridized carbons (Fsp3) is 0.250. The molecule has 3 aromatic rings. The molecule has 0 bridgehead atoms. The van der Waals surface area contributed by atoms with Gasteiger partial charge in [0, 0.05) is 31.8 Å². The molecule has 1 saturated heterocycles. The van der Waals surface area contributed by atoms with E-state index in [2.05, 4.69) is 27.1 Å². The first-order chi connectivity index (χ1) is 15.1. The summed E-state index contributed by atoms with van der Waals surface area (Å²) in [6, 6.07) is 18.4. The molecule has 7 heteroatoms. The van der Waals surface area contributed by atoms with E-state index in [1.54, 1.807) is 6.92 Å². The van der Waals surface area contributed by atoms with Crippen molar-refractivity contribution in [2.45, 2.75) is 19.6 Å². The molecule has 3 heterocycles. The molecule has 5 rings (SSSR count). The van der Waals surface area contributed by atoms with E-state index in [-0.39, 0.29) is 11.9 Å². The van der Waals surface area contributed by atoms with Gasteiger partial charge in [-0.1, -0.05) is 42.5 Å². The van der Waals surface area contributed by atoms with Crippen molar-refractivity contribution >= 4 is 11.7 Å². The van der Waals surface area contributed by atoms with E-state index >= 15 is 0 Å². The minimum atomic E-state index is 0.102. The normalized spacial score (nSPS) is 15.5. The van der Waals surface area contributed by atoms with Crippen molar-refractivity contribution in [1.29, 1.82) is 0 Å². The second kappa shape index (κ2) is 7.83. The van der Waals surface area contributed by atoms with Gasteiger partial charge in [0.2, 0.25) is 5.91 Å². The van der Waals surface area contributed by atoms with Crippen LogP contribution in [0, 0.1) is 0 Å². The lowest BCUT2D eigenvalue weighted by atomic mass is 10.1. The first-order valence-corrected chi connectivity index (χ1v) is 10.4. The Balaban J connectivity index is 1.48. The van der Waals surface area contributed by atoms with E-state index in [9.17, 15) is 4.79 Å². The number of fused-ring (bicyclic) bond motifs is 1. The van der Waals surface area contributed by atoms with E-state index in [0.717, 1.165) is 33.1 Å². The largest absolute Gasteiger partial charge is 0.489 e. The van der Waals surface area contributed by atoms with Crippen LogP contribution in [0.1, 0.15) is 18.5 Å². The van der Waals surface area contributed by atoms with E-state index in [0.29, 0.717) is 32.2 Å². The monoisotopic (exact) mass is 415 g/mol. The minimum Gasteiger partial charge on any atom is -0.489 e. The fourth-order valence-corrected chi connectivity index (χ4v) is 4.11. The molecular weight excluding hydrogens is 390 g/mol. The van der Waals surface area contributed by atoms with E-state index in [1.165, 1.54) is 0 Å². The van der Waals surface area contributed by atoms with Gasteiger partial charge in [-0.15, -0.1) is 0 Å². The second-order valence-electron chi connectivity index (χ2n) is 7.94. The van der Waals surface area contributed by atoms with Crippen molar-refractivity contribution in [1.82, 2.24) is 14.8 Å². The highest BCUT2D eigenvalue weighted by atomic mass is 16.5. The third-order valence-electron chi connectivity index (χ3n) is 5.87. The van der Waals surface area contributed by atoms with Crippen LogP contribution in [0.4, 0.5) is 0 Å². The molecule has 0 saturated carbocycles. The lowest BCUT2D eigenvalue weighted by Crippen LogP contribution is -2.53. The molecule has 0 unspecified atom stereocenters. The molecule has 31 heavy (non-hydrogen) atoms. The summed E-state index contributed by atoms with van der Waals surface area (Å²) >= 11 is 0. The van der Waals surface area contributed by atoms with Gasteiger partial charge in [0.15, 0.2) is 0 Å². The maximum absolute atomic E-state index is 11.6. The number of likely N-dealkylation sites (tertiary alicyclic amines) is 1. The van der Waals surface area contributed by atoms with Crippen molar-refractivity contribution in [3.05, 3.63) is 77.1 Å². The van der Waals surface area contributed by atoms with E-state index < -0.39 is 0 Å². The summed E-state index contributed by atoms with van der Waals surface area (Å²) in [7, 11) is 0. The molecular formula is C24H25N5O2. The van der Waals surface area contributed by atoms with Crippen LogP contribution in [0.25, 0.3) is 16.9 Å². The van der Waals surface area contributed by atoms with E-state index in [1.807, 2.05) is 53.4 Å². The molecule has 3 N–H and O–H groups in total. The Morgan fingerprint density at radius 2 is 2.00 bits per heavy atom. The number of nitrogens with one attached hydrogen (secondary N) is 1. The molecule has 0 atom stereocenters. The van der Waals surface area contributed by atoms with Gasteiger partial charge in [-0.25, -0.2) is 4.99 Å². The standard InChI is InChI=1S/C24H25N5O2/c1-16(30)28-11-19(12-28)29-13-21(22-23(25)26-15-27-24(22)29)18-8-5-9-20(10-18)31-14-17-6-3-2-4-7-17/h2-10,13,19,26H,11-12,14-15,25H2,1H3. The number of benzene rings is 2. The van der Waals surface area contributed by atoms with Gasteiger partial charge in [-0.2, -0.15) is 0 Å². The van der Waals surface area contributed by atoms with Crippen LogP contribution in [0.3, 0.4) is 0 Å². The molecule has 1 amide bonds. The maximum atomic E-state index is 11.6. The number of rotatable bonds is 5. The highest BCUT2D eigenvalue weighted by Gasteiger charge is 2.31. The zero-order valence-electron chi connectivity index (χ0n) is 17.4. The van der Waals surface area contributed by atoms with Crippen molar-refractivity contribution in [3.63, 3.8) is 0 Å². The quantitative estimate of drug-likeness (QED) is 0.659. The predicted molar refractivity (Wildman–Crippen MR) is 118 cm³/mol. The zero-order chi connectivity index (χ0) is 21.4. The van der Waals surface area contributed by atoms with Gasteiger partial charge < -0.3 is 25.3 Å². The molecule has 0 spiro atoms. The lowest BCUT2D eigenvalue weighted by Gasteiger charge is -2.39. The number of nitrogens with zero attached hydrogens (tertiary/aromatic N) is 3. The number of hydrogen-bond donors (Lipinski definition) is 2. The zero-order valence-corrected chi connectivity index (χ0v) is 17.4. The second-order valence-corrected chi connectivity index (χ2v) is 7.94. The molecule has 158 valence electrons. The van der Waals surface area contributed by atoms with E-state index in [4.69, 9.17) is 10.5 Å². The summed E-state index contributed by atoms with van der Waals surface area (Å²) in [4.78, 5) is 18.1. The average molecular weight is 415 g/mol. The van der Waals surface area contributed by atoms with Crippen LogP contribution in [0.15, 0.2) is 65.8 Å². The first-order valence-electron chi connectivity index (χ1n) is 10.4. The van der Waals surface area contributed by atoms with Crippen LogP contribution in [-0.2, 0) is 11.4 Å². The Hall–Kier alpha value is -3.74. The molecule has 2 aliphatic rings.